The number of rotatable bonds is 10. The van der Waals surface area contributed by atoms with Crippen LogP contribution in [0.5, 0.6) is 0 Å². The third-order valence-corrected chi connectivity index (χ3v) is 7.67. The Labute approximate surface area is 181 Å². The highest BCUT2D eigenvalue weighted by Gasteiger charge is 2.23. The van der Waals surface area contributed by atoms with E-state index >= 15 is 0 Å². The van der Waals surface area contributed by atoms with Crippen LogP contribution in [0.25, 0.3) is 0 Å². The van der Waals surface area contributed by atoms with Crippen LogP contribution < -0.4 is 10.6 Å². The Morgan fingerprint density at radius 2 is 1.88 bits per heavy atom. The molecule has 0 saturated heterocycles. The molecule has 0 aromatic rings. The fraction of sp³-hybridized carbons (Fsp3) is 0.941. The molecule has 1 rings (SSSR count). The number of nitrogens with one attached hydrogen (secondary N) is 2. The number of sulfonamides is 1. The van der Waals surface area contributed by atoms with Gasteiger partial charge in [0.1, 0.15) is 0 Å². The molecule has 1 saturated carbocycles. The highest BCUT2D eigenvalue weighted by atomic mass is 127. The van der Waals surface area contributed by atoms with Crippen LogP contribution in [-0.2, 0) is 10.0 Å². The Kier molecular flexibility index (Phi) is 14.4. The standard InChI is InChI=1S/C17H36N4O2S2.HI/c1-5-18-17(19-12-13-25(22,23)21(6-2)7-3)20-15-10-9-11-16(14-15)24-8-4;/h15-16H,5-14H2,1-4H3,(H2,18,19,20);1H. The van der Waals surface area contributed by atoms with Crippen LogP contribution in [0.1, 0.15) is 53.4 Å². The first-order valence-electron chi connectivity index (χ1n) is 9.60. The van der Waals surface area contributed by atoms with Crippen LogP contribution in [0.2, 0.25) is 0 Å². The number of hydrogen-bond acceptors (Lipinski definition) is 4. The molecule has 156 valence electrons. The minimum absolute atomic E-state index is 0. The van der Waals surface area contributed by atoms with Gasteiger partial charge in [0, 0.05) is 30.9 Å². The Morgan fingerprint density at radius 1 is 1.19 bits per heavy atom. The molecule has 0 radical (unpaired) electrons. The summed E-state index contributed by atoms with van der Waals surface area (Å²) in [6, 6.07) is 0.426. The average Bonchev–Trinajstić information content (AvgIpc) is 2.56. The summed E-state index contributed by atoms with van der Waals surface area (Å²) in [5, 5.41) is 7.47. The zero-order valence-electron chi connectivity index (χ0n) is 16.7. The molecule has 0 aliphatic heterocycles. The minimum Gasteiger partial charge on any atom is -0.357 e. The highest BCUT2D eigenvalue weighted by Crippen LogP contribution is 2.28. The maximum atomic E-state index is 12.3. The van der Waals surface area contributed by atoms with Crippen LogP contribution in [0.4, 0.5) is 0 Å². The van der Waals surface area contributed by atoms with Gasteiger partial charge in [-0.1, -0.05) is 27.2 Å². The fourth-order valence-corrected chi connectivity index (χ4v) is 5.74. The lowest BCUT2D eigenvalue weighted by Crippen LogP contribution is -2.46. The van der Waals surface area contributed by atoms with Crippen molar-refractivity contribution in [3.63, 3.8) is 0 Å². The maximum absolute atomic E-state index is 12.3. The third-order valence-electron chi connectivity index (χ3n) is 4.43. The SMILES string of the molecule is CCNC(=NCCS(=O)(=O)N(CC)CC)NC1CCCC(SCC)C1.I. The summed E-state index contributed by atoms with van der Waals surface area (Å²) in [5.74, 6) is 1.96. The predicted octanol–water partition coefficient (Wildman–Crippen LogP) is 2.90. The van der Waals surface area contributed by atoms with Gasteiger partial charge in [-0.05, 0) is 31.9 Å². The monoisotopic (exact) mass is 520 g/mol. The molecular weight excluding hydrogens is 483 g/mol. The van der Waals surface area contributed by atoms with E-state index in [0.29, 0.717) is 19.1 Å². The van der Waals surface area contributed by atoms with Crippen LogP contribution in [0.3, 0.4) is 0 Å². The van der Waals surface area contributed by atoms with E-state index in [4.69, 9.17) is 0 Å². The first-order chi connectivity index (χ1) is 12.0. The summed E-state index contributed by atoms with van der Waals surface area (Å²) in [7, 11) is -3.21. The van der Waals surface area contributed by atoms with Crippen LogP contribution >= 0.6 is 35.7 Å². The number of aliphatic imine (C=N–C) groups is 1. The molecule has 1 fully saturated rings. The Bertz CT molecular complexity index is 497. The zero-order chi connectivity index (χ0) is 18.7. The molecule has 0 bridgehead atoms. The zero-order valence-corrected chi connectivity index (χ0v) is 20.6. The van der Waals surface area contributed by atoms with E-state index in [1.807, 2.05) is 32.5 Å². The Balaban J connectivity index is 0.00000625. The van der Waals surface area contributed by atoms with Crippen molar-refractivity contribution in [2.24, 2.45) is 4.99 Å². The molecule has 9 heteroatoms. The average molecular weight is 521 g/mol. The van der Waals surface area contributed by atoms with Crippen molar-refractivity contribution < 1.29 is 8.42 Å². The molecule has 2 unspecified atom stereocenters. The Hall–Kier alpha value is 0.260. The second-order valence-corrected chi connectivity index (χ2v) is 9.91. The number of nitrogens with zero attached hydrogens (tertiary/aromatic N) is 2. The largest absolute Gasteiger partial charge is 0.357 e. The van der Waals surface area contributed by atoms with Gasteiger partial charge in [0.15, 0.2) is 5.96 Å². The number of guanidine groups is 1. The predicted molar refractivity (Wildman–Crippen MR) is 125 cm³/mol. The number of thioether (sulfide) groups is 1. The fourth-order valence-electron chi connectivity index (χ4n) is 3.20. The maximum Gasteiger partial charge on any atom is 0.215 e. The highest BCUT2D eigenvalue weighted by molar-refractivity contribution is 14.0. The van der Waals surface area contributed by atoms with E-state index in [0.717, 1.165) is 36.3 Å². The van der Waals surface area contributed by atoms with E-state index in [2.05, 4.69) is 22.5 Å². The second-order valence-electron chi connectivity index (χ2n) is 6.25. The van der Waals surface area contributed by atoms with Gasteiger partial charge < -0.3 is 10.6 Å². The van der Waals surface area contributed by atoms with Crippen molar-refractivity contribution in [1.29, 1.82) is 0 Å². The topological polar surface area (TPSA) is 73.8 Å². The van der Waals surface area contributed by atoms with Crippen LogP contribution in [0, 0.1) is 0 Å². The summed E-state index contributed by atoms with van der Waals surface area (Å²) < 4.78 is 26.0. The normalized spacial score (nSPS) is 21.3. The molecule has 0 aromatic carbocycles. The lowest BCUT2D eigenvalue weighted by molar-refractivity contribution is 0.419. The molecular formula is C17H37IN4O2S2. The van der Waals surface area contributed by atoms with Crippen molar-refractivity contribution in [3.8, 4) is 0 Å². The number of hydrogen-bond donors (Lipinski definition) is 2. The van der Waals surface area contributed by atoms with Gasteiger partial charge in [-0.25, -0.2) is 12.7 Å². The van der Waals surface area contributed by atoms with Crippen molar-refractivity contribution in [2.45, 2.75) is 64.7 Å². The molecule has 6 nitrogen and oxygen atoms in total. The van der Waals surface area contributed by atoms with E-state index in [9.17, 15) is 8.42 Å². The van der Waals surface area contributed by atoms with Gasteiger partial charge in [0.2, 0.25) is 10.0 Å². The van der Waals surface area contributed by atoms with E-state index in [1.54, 1.807) is 0 Å². The van der Waals surface area contributed by atoms with Gasteiger partial charge >= 0.3 is 0 Å². The summed E-state index contributed by atoms with van der Waals surface area (Å²) in [6.45, 7) is 10.1. The first kappa shape index (κ1) is 26.3. The van der Waals surface area contributed by atoms with Crippen molar-refractivity contribution in [1.82, 2.24) is 14.9 Å². The molecule has 0 amide bonds. The molecule has 1 aliphatic carbocycles. The summed E-state index contributed by atoms with van der Waals surface area (Å²) in [5.41, 5.74) is 0. The summed E-state index contributed by atoms with van der Waals surface area (Å²) in [4.78, 5) is 4.50. The smallest absolute Gasteiger partial charge is 0.215 e. The van der Waals surface area contributed by atoms with Crippen molar-refractivity contribution >= 4 is 51.7 Å². The lowest BCUT2D eigenvalue weighted by Gasteiger charge is -2.30. The van der Waals surface area contributed by atoms with Crippen LogP contribution in [0.15, 0.2) is 4.99 Å². The Morgan fingerprint density at radius 3 is 2.46 bits per heavy atom. The van der Waals surface area contributed by atoms with Gasteiger partial charge in [-0.15, -0.1) is 24.0 Å². The molecule has 0 spiro atoms. The van der Waals surface area contributed by atoms with E-state index < -0.39 is 10.0 Å². The van der Waals surface area contributed by atoms with Gasteiger partial charge in [-0.2, -0.15) is 11.8 Å². The van der Waals surface area contributed by atoms with E-state index in [1.165, 1.54) is 17.1 Å². The van der Waals surface area contributed by atoms with Crippen LogP contribution in [-0.4, -0.2) is 67.7 Å². The molecule has 2 N–H and O–H groups in total. The van der Waals surface area contributed by atoms with E-state index in [-0.39, 0.29) is 36.3 Å². The summed E-state index contributed by atoms with van der Waals surface area (Å²) in [6.07, 6.45) is 4.85. The van der Waals surface area contributed by atoms with Crippen molar-refractivity contribution in [3.05, 3.63) is 0 Å². The third kappa shape index (κ3) is 9.45. The number of halogens is 1. The quantitative estimate of drug-likeness (QED) is 0.263. The minimum atomic E-state index is -3.21. The molecule has 1 aliphatic rings. The molecule has 0 aromatic heterocycles. The lowest BCUT2D eigenvalue weighted by atomic mass is 9.95. The van der Waals surface area contributed by atoms with Gasteiger partial charge in [-0.3, -0.25) is 4.99 Å². The second kappa shape index (κ2) is 14.3. The van der Waals surface area contributed by atoms with Gasteiger partial charge in [0.05, 0.1) is 12.3 Å². The molecule has 0 heterocycles. The van der Waals surface area contributed by atoms with Crippen molar-refractivity contribution in [2.75, 3.05) is 37.7 Å². The molecule has 26 heavy (non-hydrogen) atoms. The molecule has 2 atom stereocenters. The summed E-state index contributed by atoms with van der Waals surface area (Å²) >= 11 is 2.04. The first-order valence-corrected chi connectivity index (χ1v) is 12.3. The van der Waals surface area contributed by atoms with Gasteiger partial charge in [0.25, 0.3) is 0 Å².